The van der Waals surface area contributed by atoms with Crippen LogP contribution in [0.3, 0.4) is 0 Å². The summed E-state index contributed by atoms with van der Waals surface area (Å²) in [6.07, 6.45) is 5.52. The van der Waals surface area contributed by atoms with Gasteiger partial charge in [-0.05, 0) is 11.8 Å². The standard InChI is InChI=1S/C9H20.Li.H/c1-5-6-7-8-9(2,3)4;;/h5-8H2,1-4H3;;/q;+1;-1. The van der Waals surface area contributed by atoms with E-state index < -0.39 is 0 Å². The van der Waals surface area contributed by atoms with E-state index >= 15 is 0 Å². The third kappa shape index (κ3) is 11.4. The largest absolute Gasteiger partial charge is 1.00 e. The summed E-state index contributed by atoms with van der Waals surface area (Å²) >= 11 is 0. The molecule has 0 N–H and O–H groups in total. The molecule has 0 unspecified atom stereocenters. The van der Waals surface area contributed by atoms with Crippen LogP contribution < -0.4 is 18.9 Å². The molecule has 10 heavy (non-hydrogen) atoms. The average Bonchev–Trinajstić information content (AvgIpc) is 1.63. The van der Waals surface area contributed by atoms with Gasteiger partial charge in [0.25, 0.3) is 0 Å². The number of unbranched alkanes of at least 4 members (excludes halogenated alkanes) is 2. The van der Waals surface area contributed by atoms with Crippen LogP contribution >= 0.6 is 0 Å². The van der Waals surface area contributed by atoms with E-state index in [1.165, 1.54) is 25.7 Å². The number of hydrogen-bond donors (Lipinski definition) is 0. The summed E-state index contributed by atoms with van der Waals surface area (Å²) < 4.78 is 0. The molecule has 0 atom stereocenters. The van der Waals surface area contributed by atoms with Crippen molar-refractivity contribution in [2.75, 3.05) is 0 Å². The van der Waals surface area contributed by atoms with E-state index in [4.69, 9.17) is 0 Å². The van der Waals surface area contributed by atoms with Crippen molar-refractivity contribution in [3.63, 3.8) is 0 Å². The molecule has 0 aliphatic heterocycles. The summed E-state index contributed by atoms with van der Waals surface area (Å²) in [4.78, 5) is 0. The van der Waals surface area contributed by atoms with Crippen LogP contribution in [0.15, 0.2) is 0 Å². The third-order valence-electron chi connectivity index (χ3n) is 1.53. The number of rotatable bonds is 3. The third-order valence-corrected chi connectivity index (χ3v) is 1.53. The molecule has 0 aromatic heterocycles. The Bertz CT molecular complexity index is 66.5. The summed E-state index contributed by atoms with van der Waals surface area (Å²) in [5, 5.41) is 0. The molecule has 58 valence electrons. The molecule has 0 rings (SSSR count). The monoisotopic (exact) mass is 136 g/mol. The van der Waals surface area contributed by atoms with E-state index in [-0.39, 0.29) is 20.3 Å². The molecule has 0 aromatic rings. The minimum Gasteiger partial charge on any atom is -1.00 e. The number of hydrogen-bond acceptors (Lipinski definition) is 0. The second kappa shape index (κ2) is 6.32. The van der Waals surface area contributed by atoms with Crippen molar-refractivity contribution in [1.29, 1.82) is 0 Å². The molecule has 0 aliphatic rings. The molecule has 0 fully saturated rings. The summed E-state index contributed by atoms with van der Waals surface area (Å²) in [6.45, 7) is 9.18. The molecular weight excluding hydrogens is 115 g/mol. The molecule has 1 heteroatoms. The van der Waals surface area contributed by atoms with Crippen LogP contribution in [0.4, 0.5) is 0 Å². The van der Waals surface area contributed by atoms with Gasteiger partial charge in [-0.1, -0.05) is 47.0 Å². The topological polar surface area (TPSA) is 0 Å². The molecule has 0 bridgehead atoms. The molecule has 0 saturated heterocycles. The maximum Gasteiger partial charge on any atom is 1.00 e. The second-order valence-corrected chi connectivity index (χ2v) is 4.02. The Morgan fingerprint density at radius 1 is 1.10 bits per heavy atom. The van der Waals surface area contributed by atoms with E-state index in [0.29, 0.717) is 5.41 Å². The Morgan fingerprint density at radius 2 is 1.60 bits per heavy atom. The molecule has 0 nitrogen and oxygen atoms in total. The van der Waals surface area contributed by atoms with E-state index in [1.54, 1.807) is 0 Å². The average molecular weight is 136 g/mol. The first-order valence-electron chi connectivity index (χ1n) is 4.06. The van der Waals surface area contributed by atoms with Gasteiger partial charge in [0.2, 0.25) is 0 Å². The first-order chi connectivity index (χ1) is 4.06. The van der Waals surface area contributed by atoms with Crippen LogP contribution in [0, 0.1) is 5.41 Å². The normalized spacial score (nSPS) is 10.8. The molecule has 0 aromatic carbocycles. The molecule has 0 heterocycles. The van der Waals surface area contributed by atoms with Crippen molar-refractivity contribution >= 4 is 0 Å². The summed E-state index contributed by atoms with van der Waals surface area (Å²) in [6, 6.07) is 0. The first kappa shape index (κ1) is 13.2. The minimum absolute atomic E-state index is 0. The molecular formula is C9H21Li. The van der Waals surface area contributed by atoms with Crippen LogP contribution in [0.2, 0.25) is 0 Å². The maximum absolute atomic E-state index is 2.31. The van der Waals surface area contributed by atoms with E-state index in [1.807, 2.05) is 0 Å². The molecule has 0 amide bonds. The fraction of sp³-hybridized carbons (Fsp3) is 1.00. The van der Waals surface area contributed by atoms with Crippen LogP contribution in [0.5, 0.6) is 0 Å². The van der Waals surface area contributed by atoms with Gasteiger partial charge < -0.3 is 1.43 Å². The smallest absolute Gasteiger partial charge is 1.00 e. The Kier molecular flexibility index (Phi) is 8.34. The van der Waals surface area contributed by atoms with E-state index in [9.17, 15) is 0 Å². The second-order valence-electron chi connectivity index (χ2n) is 4.02. The van der Waals surface area contributed by atoms with Crippen molar-refractivity contribution in [2.24, 2.45) is 5.41 Å². The van der Waals surface area contributed by atoms with Gasteiger partial charge in [-0.2, -0.15) is 0 Å². The molecule has 0 radical (unpaired) electrons. The Morgan fingerprint density at radius 3 is 1.90 bits per heavy atom. The van der Waals surface area contributed by atoms with E-state index in [2.05, 4.69) is 27.7 Å². The zero-order chi connectivity index (χ0) is 7.33. The van der Waals surface area contributed by atoms with Crippen molar-refractivity contribution < 1.29 is 20.3 Å². The minimum atomic E-state index is 0. The fourth-order valence-corrected chi connectivity index (χ4v) is 0.905. The molecule has 0 aliphatic carbocycles. The fourth-order valence-electron chi connectivity index (χ4n) is 0.905. The van der Waals surface area contributed by atoms with Crippen molar-refractivity contribution in [2.45, 2.75) is 53.4 Å². The SMILES string of the molecule is CCCCCC(C)(C)C.[H-].[Li+]. The first-order valence-corrected chi connectivity index (χ1v) is 4.06. The predicted molar refractivity (Wildman–Crippen MR) is 44.7 cm³/mol. The summed E-state index contributed by atoms with van der Waals surface area (Å²) in [5.74, 6) is 0. The van der Waals surface area contributed by atoms with Crippen LogP contribution in [-0.2, 0) is 0 Å². The van der Waals surface area contributed by atoms with Gasteiger partial charge >= 0.3 is 18.9 Å². The van der Waals surface area contributed by atoms with Gasteiger partial charge in [0.15, 0.2) is 0 Å². The Labute approximate surface area is 79.4 Å². The van der Waals surface area contributed by atoms with Gasteiger partial charge in [0, 0.05) is 0 Å². The van der Waals surface area contributed by atoms with E-state index in [0.717, 1.165) is 0 Å². The summed E-state index contributed by atoms with van der Waals surface area (Å²) in [5.41, 5.74) is 0.551. The van der Waals surface area contributed by atoms with Gasteiger partial charge in [-0.25, -0.2) is 0 Å². The van der Waals surface area contributed by atoms with Gasteiger partial charge in [-0.3, -0.25) is 0 Å². The van der Waals surface area contributed by atoms with Crippen LogP contribution in [0.1, 0.15) is 54.8 Å². The van der Waals surface area contributed by atoms with Crippen LogP contribution in [0.25, 0.3) is 0 Å². The van der Waals surface area contributed by atoms with Gasteiger partial charge in [-0.15, -0.1) is 0 Å². The van der Waals surface area contributed by atoms with Crippen molar-refractivity contribution in [1.82, 2.24) is 0 Å². The van der Waals surface area contributed by atoms with Crippen LogP contribution in [-0.4, -0.2) is 0 Å². The molecule has 0 spiro atoms. The summed E-state index contributed by atoms with van der Waals surface area (Å²) in [7, 11) is 0. The predicted octanol–water partition coefficient (Wildman–Crippen LogP) is 0.729. The van der Waals surface area contributed by atoms with Crippen molar-refractivity contribution in [3.05, 3.63) is 0 Å². The quantitative estimate of drug-likeness (QED) is 0.396. The Hall–Kier alpha value is 0.597. The zero-order valence-electron chi connectivity index (χ0n) is 9.33. The van der Waals surface area contributed by atoms with Crippen molar-refractivity contribution in [3.8, 4) is 0 Å². The van der Waals surface area contributed by atoms with Gasteiger partial charge in [0.05, 0.1) is 0 Å². The maximum atomic E-state index is 2.31. The Balaban J connectivity index is -0.000000320. The zero-order valence-corrected chi connectivity index (χ0v) is 8.33. The van der Waals surface area contributed by atoms with Gasteiger partial charge in [0.1, 0.15) is 0 Å². The molecule has 0 saturated carbocycles.